The van der Waals surface area contributed by atoms with Gasteiger partial charge in [0.2, 0.25) is 0 Å². The number of aromatic nitrogens is 4. The highest BCUT2D eigenvalue weighted by Crippen LogP contribution is 2.17. The summed E-state index contributed by atoms with van der Waals surface area (Å²) in [5.74, 6) is 0. The molecule has 0 fully saturated rings. The average molecular weight is 180 g/mol. The van der Waals surface area contributed by atoms with Crippen LogP contribution in [-0.4, -0.2) is 20.0 Å². The molecule has 0 aliphatic carbocycles. The fourth-order valence-electron chi connectivity index (χ4n) is 1.00. The van der Waals surface area contributed by atoms with Gasteiger partial charge in [0.25, 0.3) is 0 Å². The minimum absolute atomic E-state index is 0.207. The monoisotopic (exact) mass is 180 g/mol. The van der Waals surface area contributed by atoms with Crippen molar-refractivity contribution in [2.45, 2.75) is 12.2 Å². The van der Waals surface area contributed by atoms with E-state index in [1.54, 1.807) is 4.52 Å². The number of hydrogen-bond donors (Lipinski definition) is 1. The zero-order valence-electron chi connectivity index (χ0n) is 6.55. The van der Waals surface area contributed by atoms with Crippen molar-refractivity contribution in [1.82, 2.24) is 20.0 Å². The van der Waals surface area contributed by atoms with Crippen molar-refractivity contribution >= 4 is 18.3 Å². The van der Waals surface area contributed by atoms with Crippen molar-refractivity contribution in [3.05, 3.63) is 23.9 Å². The fourth-order valence-corrected chi connectivity index (χ4v) is 1.16. The molecule has 0 saturated carbocycles. The SMILES string of the molecule is CC(S)c1ccc2nnnn2c1. The third-order valence-corrected chi connectivity index (χ3v) is 2.00. The van der Waals surface area contributed by atoms with Gasteiger partial charge in [-0.1, -0.05) is 6.07 Å². The molecule has 2 aromatic rings. The number of tetrazole rings is 1. The van der Waals surface area contributed by atoms with E-state index in [1.165, 1.54) is 0 Å². The largest absolute Gasteiger partial charge is 0.200 e. The van der Waals surface area contributed by atoms with Gasteiger partial charge in [0.15, 0.2) is 5.65 Å². The number of fused-ring (bicyclic) bond motifs is 1. The molecular formula is C7H8N4S. The Morgan fingerprint density at radius 3 is 3.08 bits per heavy atom. The lowest BCUT2D eigenvalue weighted by Gasteiger charge is -2.02. The number of nitrogens with zero attached hydrogens (tertiary/aromatic N) is 4. The molecular weight excluding hydrogens is 172 g/mol. The predicted molar refractivity (Wildman–Crippen MR) is 48.2 cm³/mol. The number of rotatable bonds is 1. The summed E-state index contributed by atoms with van der Waals surface area (Å²) in [4.78, 5) is 0. The van der Waals surface area contributed by atoms with Crippen LogP contribution in [0.15, 0.2) is 18.3 Å². The van der Waals surface area contributed by atoms with Crippen LogP contribution in [0, 0.1) is 0 Å². The van der Waals surface area contributed by atoms with E-state index in [9.17, 15) is 0 Å². The number of thiol groups is 1. The second kappa shape index (κ2) is 2.75. The zero-order valence-corrected chi connectivity index (χ0v) is 7.44. The summed E-state index contributed by atoms with van der Waals surface area (Å²) in [5.41, 5.74) is 1.87. The zero-order chi connectivity index (χ0) is 8.55. The van der Waals surface area contributed by atoms with E-state index in [4.69, 9.17) is 0 Å². The van der Waals surface area contributed by atoms with E-state index in [-0.39, 0.29) is 5.25 Å². The lowest BCUT2D eigenvalue weighted by molar-refractivity contribution is 0.816. The summed E-state index contributed by atoms with van der Waals surface area (Å²) in [5, 5.41) is 11.3. The lowest BCUT2D eigenvalue weighted by Crippen LogP contribution is -1.92. The van der Waals surface area contributed by atoms with E-state index < -0.39 is 0 Å². The van der Waals surface area contributed by atoms with Gasteiger partial charge in [-0.15, -0.1) is 5.10 Å². The summed E-state index contributed by atoms with van der Waals surface area (Å²) >= 11 is 4.31. The summed E-state index contributed by atoms with van der Waals surface area (Å²) in [6.45, 7) is 2.01. The number of pyridine rings is 1. The highest BCUT2D eigenvalue weighted by Gasteiger charge is 2.01. The van der Waals surface area contributed by atoms with Crippen LogP contribution in [0.2, 0.25) is 0 Å². The minimum atomic E-state index is 0.207. The third kappa shape index (κ3) is 1.16. The molecule has 0 radical (unpaired) electrons. The van der Waals surface area contributed by atoms with E-state index in [0.717, 1.165) is 11.2 Å². The summed E-state index contributed by atoms with van der Waals surface area (Å²) in [6.07, 6.45) is 1.88. The van der Waals surface area contributed by atoms with Crippen LogP contribution < -0.4 is 0 Å². The van der Waals surface area contributed by atoms with E-state index >= 15 is 0 Å². The highest BCUT2D eigenvalue weighted by molar-refractivity contribution is 7.80. The Labute approximate surface area is 75.0 Å². The molecule has 4 nitrogen and oxygen atoms in total. The standard InChI is InChI=1S/C7H8N4S/c1-5(12)6-2-3-7-8-9-10-11(7)4-6/h2-5,12H,1H3. The average Bonchev–Trinajstić information content (AvgIpc) is 2.49. The van der Waals surface area contributed by atoms with Crippen LogP contribution in [0.4, 0.5) is 0 Å². The Kier molecular flexibility index (Phi) is 1.73. The van der Waals surface area contributed by atoms with Gasteiger partial charge >= 0.3 is 0 Å². The maximum atomic E-state index is 4.31. The molecule has 12 heavy (non-hydrogen) atoms. The van der Waals surface area contributed by atoms with Crippen LogP contribution >= 0.6 is 12.6 Å². The highest BCUT2D eigenvalue weighted by atomic mass is 32.1. The molecule has 0 amide bonds. The molecule has 2 rings (SSSR count). The van der Waals surface area contributed by atoms with Crippen molar-refractivity contribution in [3.8, 4) is 0 Å². The quantitative estimate of drug-likeness (QED) is 0.669. The van der Waals surface area contributed by atoms with Gasteiger partial charge < -0.3 is 0 Å². The van der Waals surface area contributed by atoms with Crippen LogP contribution in [0.5, 0.6) is 0 Å². The molecule has 0 N–H and O–H groups in total. The Morgan fingerprint density at radius 1 is 1.50 bits per heavy atom. The van der Waals surface area contributed by atoms with Gasteiger partial charge in [0.05, 0.1) is 0 Å². The molecule has 0 saturated heterocycles. The van der Waals surface area contributed by atoms with Crippen LogP contribution in [0.1, 0.15) is 17.7 Å². The molecule has 0 aliphatic heterocycles. The van der Waals surface area contributed by atoms with Gasteiger partial charge in [-0.2, -0.15) is 12.6 Å². The molecule has 2 aromatic heterocycles. The van der Waals surface area contributed by atoms with Crippen molar-refractivity contribution < 1.29 is 0 Å². The third-order valence-electron chi connectivity index (χ3n) is 1.70. The van der Waals surface area contributed by atoms with Crippen LogP contribution in [-0.2, 0) is 0 Å². The first-order chi connectivity index (χ1) is 5.77. The van der Waals surface area contributed by atoms with E-state index in [1.807, 2.05) is 25.3 Å². The van der Waals surface area contributed by atoms with Gasteiger partial charge in [-0.05, 0) is 29.0 Å². The molecule has 62 valence electrons. The summed E-state index contributed by atoms with van der Waals surface area (Å²) in [6, 6.07) is 3.85. The molecule has 0 aliphatic rings. The van der Waals surface area contributed by atoms with Gasteiger partial charge in [0, 0.05) is 11.4 Å². The van der Waals surface area contributed by atoms with Crippen molar-refractivity contribution in [2.24, 2.45) is 0 Å². The van der Waals surface area contributed by atoms with Crippen LogP contribution in [0.3, 0.4) is 0 Å². The minimum Gasteiger partial charge on any atom is -0.200 e. The van der Waals surface area contributed by atoms with E-state index in [0.29, 0.717) is 0 Å². The fraction of sp³-hybridized carbons (Fsp3) is 0.286. The Hall–Kier alpha value is -1.10. The summed E-state index contributed by atoms with van der Waals surface area (Å²) in [7, 11) is 0. The second-order valence-electron chi connectivity index (χ2n) is 2.62. The first-order valence-corrected chi connectivity index (χ1v) is 4.15. The topological polar surface area (TPSA) is 43.1 Å². The normalized spacial score (nSPS) is 13.5. The Bertz CT molecular complexity index is 395. The molecule has 5 heteroatoms. The van der Waals surface area contributed by atoms with Gasteiger partial charge in [-0.3, -0.25) is 0 Å². The lowest BCUT2D eigenvalue weighted by atomic mass is 10.2. The first-order valence-electron chi connectivity index (χ1n) is 3.63. The molecule has 0 aromatic carbocycles. The number of hydrogen-bond acceptors (Lipinski definition) is 4. The maximum absolute atomic E-state index is 4.31. The summed E-state index contributed by atoms with van der Waals surface area (Å²) < 4.78 is 1.64. The molecule has 2 heterocycles. The molecule has 0 bridgehead atoms. The van der Waals surface area contributed by atoms with Crippen molar-refractivity contribution in [3.63, 3.8) is 0 Å². The molecule has 0 spiro atoms. The van der Waals surface area contributed by atoms with Crippen LogP contribution in [0.25, 0.3) is 5.65 Å². The maximum Gasteiger partial charge on any atom is 0.179 e. The smallest absolute Gasteiger partial charge is 0.179 e. The van der Waals surface area contributed by atoms with E-state index in [2.05, 4.69) is 28.2 Å². The predicted octanol–water partition coefficient (Wildman–Crippen LogP) is 1.12. The van der Waals surface area contributed by atoms with Crippen molar-refractivity contribution in [1.29, 1.82) is 0 Å². The second-order valence-corrected chi connectivity index (χ2v) is 3.39. The van der Waals surface area contributed by atoms with Gasteiger partial charge in [0.1, 0.15) is 0 Å². The first kappa shape index (κ1) is 7.54. The Morgan fingerprint density at radius 2 is 2.33 bits per heavy atom. The van der Waals surface area contributed by atoms with Gasteiger partial charge in [-0.25, -0.2) is 4.52 Å². The molecule has 1 unspecified atom stereocenters. The Balaban J connectivity index is 2.60. The van der Waals surface area contributed by atoms with Crippen molar-refractivity contribution in [2.75, 3.05) is 0 Å². The molecule has 1 atom stereocenters.